The van der Waals surface area contributed by atoms with E-state index in [-0.39, 0.29) is 11.5 Å². The first-order valence-corrected chi connectivity index (χ1v) is 11.2. The zero-order chi connectivity index (χ0) is 26.1. The monoisotopic (exact) mass is 490 g/mol. The topological polar surface area (TPSA) is 83.5 Å². The van der Waals surface area contributed by atoms with E-state index in [1.165, 1.54) is 13.2 Å². The van der Waals surface area contributed by atoms with E-state index in [2.05, 4.69) is 0 Å². The van der Waals surface area contributed by atoms with Crippen molar-refractivity contribution in [2.24, 2.45) is 0 Å². The molecular weight excluding hydrogens is 460 g/mol. The van der Waals surface area contributed by atoms with Crippen molar-refractivity contribution >= 4 is 17.9 Å². The minimum absolute atomic E-state index is 0.0195. The molecule has 0 saturated heterocycles. The number of methoxy groups -OCH3 is 5. The summed E-state index contributed by atoms with van der Waals surface area (Å²) in [6, 6.07) is 14.1. The molecular formula is C29H30O7. The van der Waals surface area contributed by atoms with Gasteiger partial charge in [0.05, 0.1) is 35.5 Å². The van der Waals surface area contributed by atoms with Crippen LogP contribution < -0.4 is 23.7 Å². The molecule has 0 aliphatic heterocycles. The summed E-state index contributed by atoms with van der Waals surface area (Å²) in [4.78, 5) is 12.5. The quantitative estimate of drug-likeness (QED) is 0.213. The fraction of sp³-hybridized carbons (Fsp3) is 0.207. The maximum atomic E-state index is 12.5. The summed E-state index contributed by atoms with van der Waals surface area (Å²) < 4.78 is 26.6. The number of benzene rings is 3. The molecule has 7 heteroatoms. The standard InChI is InChI=1S/C29H30O7/c1-32-22-14-11-21(12-15-22)24(30)8-6-7-23-20(13-16-25(33-2)28(23)31)10-9-19-17-26(34-3)29(36-5)27(18-19)35-4/h6,8-18,31H,7H2,1-5H3/b8-6-,10-9-. The normalized spacial score (nSPS) is 11.0. The molecule has 0 atom stereocenters. The molecule has 0 fully saturated rings. The van der Waals surface area contributed by atoms with Crippen LogP contribution in [0, 0.1) is 0 Å². The first kappa shape index (κ1) is 26.2. The van der Waals surface area contributed by atoms with Gasteiger partial charge in [0.15, 0.2) is 28.8 Å². The molecule has 1 N–H and O–H groups in total. The van der Waals surface area contributed by atoms with E-state index in [4.69, 9.17) is 23.7 Å². The lowest BCUT2D eigenvalue weighted by molar-refractivity contribution is 0.104. The average molecular weight is 491 g/mol. The highest BCUT2D eigenvalue weighted by Gasteiger charge is 2.14. The number of hydrogen-bond donors (Lipinski definition) is 1. The number of allylic oxidation sites excluding steroid dienone is 2. The molecule has 0 amide bonds. The van der Waals surface area contributed by atoms with Gasteiger partial charge < -0.3 is 28.8 Å². The fourth-order valence-electron chi connectivity index (χ4n) is 3.68. The van der Waals surface area contributed by atoms with E-state index in [1.54, 1.807) is 64.8 Å². The molecule has 0 spiro atoms. The van der Waals surface area contributed by atoms with Crippen LogP contribution in [0.15, 0.2) is 60.7 Å². The van der Waals surface area contributed by atoms with Crippen LogP contribution in [0.25, 0.3) is 12.2 Å². The van der Waals surface area contributed by atoms with E-state index >= 15 is 0 Å². The zero-order valence-corrected chi connectivity index (χ0v) is 21.0. The maximum absolute atomic E-state index is 12.5. The average Bonchev–Trinajstić information content (AvgIpc) is 2.92. The molecule has 188 valence electrons. The first-order valence-electron chi connectivity index (χ1n) is 11.2. The van der Waals surface area contributed by atoms with Gasteiger partial charge in [-0.3, -0.25) is 4.79 Å². The third-order valence-electron chi connectivity index (χ3n) is 5.61. The third-order valence-corrected chi connectivity index (χ3v) is 5.61. The smallest absolute Gasteiger partial charge is 0.203 e. The molecule has 0 aromatic heterocycles. The highest BCUT2D eigenvalue weighted by Crippen LogP contribution is 2.39. The molecule has 0 unspecified atom stereocenters. The van der Waals surface area contributed by atoms with E-state index in [1.807, 2.05) is 30.4 Å². The van der Waals surface area contributed by atoms with E-state index in [0.29, 0.717) is 46.3 Å². The van der Waals surface area contributed by atoms with Crippen molar-refractivity contribution in [2.75, 3.05) is 35.5 Å². The van der Waals surface area contributed by atoms with Gasteiger partial charge in [0, 0.05) is 11.1 Å². The lowest BCUT2D eigenvalue weighted by Gasteiger charge is -2.13. The number of aromatic hydroxyl groups is 1. The molecule has 0 aliphatic carbocycles. The second kappa shape index (κ2) is 12.4. The van der Waals surface area contributed by atoms with E-state index in [9.17, 15) is 9.90 Å². The van der Waals surface area contributed by atoms with Crippen LogP contribution in [-0.2, 0) is 6.42 Å². The molecule has 36 heavy (non-hydrogen) atoms. The number of carbonyl (C=O) groups excluding carboxylic acids is 1. The Morgan fingerprint density at radius 1 is 0.778 bits per heavy atom. The lowest BCUT2D eigenvalue weighted by Crippen LogP contribution is -1.96. The van der Waals surface area contributed by atoms with Crippen molar-refractivity contribution in [3.05, 3.63) is 82.9 Å². The summed E-state index contributed by atoms with van der Waals surface area (Å²) in [7, 11) is 7.74. The number of rotatable bonds is 11. The molecule has 0 radical (unpaired) electrons. The van der Waals surface area contributed by atoms with Crippen LogP contribution in [-0.4, -0.2) is 46.4 Å². The SMILES string of the molecule is COc1ccc(C(=O)/C=C\Cc2c(/C=C\c3cc(OC)c(OC)c(OC)c3)ccc(OC)c2O)cc1. The Labute approximate surface area is 211 Å². The molecule has 0 heterocycles. The molecule has 7 nitrogen and oxygen atoms in total. The van der Waals surface area contributed by atoms with Crippen molar-refractivity contribution < 1.29 is 33.6 Å². The van der Waals surface area contributed by atoms with Gasteiger partial charge in [-0.05, 0) is 66.1 Å². The van der Waals surface area contributed by atoms with Crippen molar-refractivity contribution in [3.63, 3.8) is 0 Å². The Morgan fingerprint density at radius 3 is 1.97 bits per heavy atom. The van der Waals surface area contributed by atoms with Crippen LogP contribution in [0.4, 0.5) is 0 Å². The van der Waals surface area contributed by atoms with Gasteiger partial charge in [-0.1, -0.05) is 24.3 Å². The largest absolute Gasteiger partial charge is 0.504 e. The van der Waals surface area contributed by atoms with Gasteiger partial charge in [0.25, 0.3) is 0 Å². The van der Waals surface area contributed by atoms with Crippen molar-refractivity contribution in [1.82, 2.24) is 0 Å². The molecule has 3 rings (SSSR count). The Kier molecular flexibility index (Phi) is 9.00. The second-order valence-corrected chi connectivity index (χ2v) is 7.68. The number of phenols is 1. The van der Waals surface area contributed by atoms with Gasteiger partial charge in [-0.15, -0.1) is 0 Å². The van der Waals surface area contributed by atoms with Crippen LogP contribution in [0.3, 0.4) is 0 Å². The second-order valence-electron chi connectivity index (χ2n) is 7.68. The predicted octanol–water partition coefficient (Wildman–Crippen LogP) is 5.59. The van der Waals surface area contributed by atoms with Crippen molar-refractivity contribution in [1.29, 1.82) is 0 Å². The van der Waals surface area contributed by atoms with Gasteiger partial charge in [0.2, 0.25) is 5.75 Å². The number of ether oxygens (including phenoxy) is 5. The predicted molar refractivity (Wildman–Crippen MR) is 140 cm³/mol. The number of phenolic OH excluding ortho intramolecular Hbond substituents is 1. The van der Waals surface area contributed by atoms with Crippen LogP contribution in [0.5, 0.6) is 34.5 Å². The summed E-state index contributed by atoms with van der Waals surface area (Å²) in [5.74, 6) is 2.49. The Morgan fingerprint density at radius 2 is 1.42 bits per heavy atom. The minimum atomic E-state index is -0.144. The molecule has 3 aromatic rings. The molecule has 0 bridgehead atoms. The summed E-state index contributed by atoms with van der Waals surface area (Å²) in [5.41, 5.74) is 2.75. The van der Waals surface area contributed by atoms with Crippen LogP contribution in [0.1, 0.15) is 27.0 Å². The van der Waals surface area contributed by atoms with Gasteiger partial charge >= 0.3 is 0 Å². The van der Waals surface area contributed by atoms with Gasteiger partial charge in [-0.2, -0.15) is 0 Å². The lowest BCUT2D eigenvalue weighted by atomic mass is 10.00. The summed E-state index contributed by atoms with van der Waals surface area (Å²) >= 11 is 0. The molecule has 0 saturated carbocycles. The van der Waals surface area contributed by atoms with Gasteiger partial charge in [0.1, 0.15) is 5.75 Å². The van der Waals surface area contributed by atoms with E-state index < -0.39 is 0 Å². The highest BCUT2D eigenvalue weighted by atomic mass is 16.5. The molecule has 0 aliphatic rings. The number of hydrogen-bond acceptors (Lipinski definition) is 7. The minimum Gasteiger partial charge on any atom is -0.504 e. The summed E-state index contributed by atoms with van der Waals surface area (Å²) in [6.07, 6.45) is 7.28. The van der Waals surface area contributed by atoms with E-state index in [0.717, 1.165) is 11.1 Å². The number of ketones is 1. The number of carbonyl (C=O) groups is 1. The Hall–Kier alpha value is -4.39. The Balaban J connectivity index is 1.89. The van der Waals surface area contributed by atoms with Crippen LogP contribution >= 0.6 is 0 Å². The fourth-order valence-corrected chi connectivity index (χ4v) is 3.68. The third kappa shape index (κ3) is 5.99. The summed E-state index contributed by atoms with van der Waals surface area (Å²) in [6.45, 7) is 0. The Bertz CT molecular complexity index is 1230. The first-order chi connectivity index (χ1) is 17.4. The highest BCUT2D eigenvalue weighted by molar-refractivity contribution is 6.04. The zero-order valence-electron chi connectivity index (χ0n) is 21.0. The van der Waals surface area contributed by atoms with Crippen molar-refractivity contribution in [3.8, 4) is 34.5 Å². The maximum Gasteiger partial charge on any atom is 0.203 e. The molecule has 3 aromatic carbocycles. The van der Waals surface area contributed by atoms with Crippen LogP contribution in [0.2, 0.25) is 0 Å². The van der Waals surface area contributed by atoms with Gasteiger partial charge in [-0.25, -0.2) is 0 Å². The van der Waals surface area contributed by atoms with Crippen molar-refractivity contribution in [2.45, 2.75) is 6.42 Å². The summed E-state index contributed by atoms with van der Waals surface area (Å²) in [5, 5.41) is 10.8.